The molecule has 0 aliphatic carbocycles. The third-order valence-corrected chi connectivity index (χ3v) is 2.34. The van der Waals surface area contributed by atoms with E-state index in [-0.39, 0.29) is 0 Å². The van der Waals surface area contributed by atoms with E-state index < -0.39 is 17.3 Å². The third kappa shape index (κ3) is 2.09. The molecule has 0 spiro atoms. The number of hydrogen-bond donors (Lipinski definition) is 1. The number of halogens is 1. The lowest BCUT2D eigenvalue weighted by molar-refractivity contribution is 0.0692. The van der Waals surface area contributed by atoms with Gasteiger partial charge in [-0.25, -0.2) is 13.9 Å². The van der Waals surface area contributed by atoms with Crippen molar-refractivity contribution in [3.63, 3.8) is 0 Å². The van der Waals surface area contributed by atoms with Crippen molar-refractivity contribution in [2.75, 3.05) is 13.7 Å². The Morgan fingerprint density at radius 3 is 3.00 bits per heavy atom. The number of nitrogens with zero attached hydrogens (tertiary/aromatic N) is 3. The molecule has 0 amide bonds. The first-order valence-corrected chi connectivity index (χ1v) is 4.88. The van der Waals surface area contributed by atoms with Gasteiger partial charge in [0.2, 0.25) is 0 Å². The topological polar surface area (TPSA) is 77.2 Å². The molecule has 90 valence electrons. The maximum absolute atomic E-state index is 13.5. The van der Waals surface area contributed by atoms with Gasteiger partial charge in [-0.05, 0) is 6.07 Å². The summed E-state index contributed by atoms with van der Waals surface area (Å²) in [7, 11) is 1.54. The fourth-order valence-electron chi connectivity index (χ4n) is 1.50. The summed E-state index contributed by atoms with van der Waals surface area (Å²) < 4.78 is 19.8. The maximum Gasteiger partial charge on any atom is 0.338 e. The van der Waals surface area contributed by atoms with E-state index in [0.29, 0.717) is 24.2 Å². The number of aromatic carboxylic acids is 1. The minimum absolute atomic E-state index is 0.347. The molecule has 2 rings (SSSR count). The van der Waals surface area contributed by atoms with E-state index in [0.717, 1.165) is 6.07 Å². The Bertz CT molecular complexity index is 567. The molecule has 1 N–H and O–H groups in total. The minimum Gasteiger partial charge on any atom is -0.478 e. The lowest BCUT2D eigenvalue weighted by Crippen LogP contribution is -2.06. The van der Waals surface area contributed by atoms with Crippen LogP contribution in [-0.4, -0.2) is 39.8 Å². The Hall–Kier alpha value is -2.02. The normalized spacial score (nSPS) is 10.9. The number of aromatic nitrogens is 3. The van der Waals surface area contributed by atoms with E-state index in [4.69, 9.17) is 9.84 Å². The number of methoxy groups -OCH3 is 1. The van der Waals surface area contributed by atoms with Crippen LogP contribution in [0.5, 0.6) is 0 Å². The van der Waals surface area contributed by atoms with Crippen LogP contribution in [0.2, 0.25) is 0 Å². The van der Waals surface area contributed by atoms with E-state index in [1.165, 1.54) is 10.7 Å². The van der Waals surface area contributed by atoms with Gasteiger partial charge in [0.25, 0.3) is 0 Å². The molecule has 2 aromatic rings. The quantitative estimate of drug-likeness (QED) is 0.858. The number of fused-ring (bicyclic) bond motifs is 1. The maximum atomic E-state index is 13.5. The fourth-order valence-corrected chi connectivity index (χ4v) is 1.50. The van der Waals surface area contributed by atoms with Crippen LogP contribution < -0.4 is 0 Å². The van der Waals surface area contributed by atoms with Crippen LogP contribution in [0, 0.1) is 5.82 Å². The molecule has 7 heteroatoms. The van der Waals surface area contributed by atoms with E-state index in [1.807, 2.05) is 0 Å². The van der Waals surface area contributed by atoms with Crippen LogP contribution in [0.4, 0.5) is 4.39 Å². The van der Waals surface area contributed by atoms with Crippen molar-refractivity contribution in [1.29, 1.82) is 0 Å². The van der Waals surface area contributed by atoms with Gasteiger partial charge in [0, 0.05) is 13.2 Å². The zero-order chi connectivity index (χ0) is 12.4. The Labute approximate surface area is 95.6 Å². The molecule has 1 aromatic carbocycles. The largest absolute Gasteiger partial charge is 0.478 e. The highest BCUT2D eigenvalue weighted by molar-refractivity contribution is 5.92. The van der Waals surface area contributed by atoms with Crippen molar-refractivity contribution < 1.29 is 19.0 Å². The van der Waals surface area contributed by atoms with E-state index in [1.54, 1.807) is 7.11 Å². The first-order chi connectivity index (χ1) is 8.13. The van der Waals surface area contributed by atoms with Gasteiger partial charge in [-0.2, -0.15) is 0 Å². The predicted octanol–water partition coefficient (Wildman–Crippen LogP) is 0.915. The number of benzene rings is 1. The van der Waals surface area contributed by atoms with Crippen molar-refractivity contribution in [3.8, 4) is 0 Å². The van der Waals surface area contributed by atoms with Gasteiger partial charge in [0.1, 0.15) is 11.3 Å². The smallest absolute Gasteiger partial charge is 0.338 e. The average molecular weight is 239 g/mol. The minimum atomic E-state index is -1.32. The second kappa shape index (κ2) is 4.46. The molecule has 0 saturated carbocycles. The van der Waals surface area contributed by atoms with E-state index in [9.17, 15) is 9.18 Å². The van der Waals surface area contributed by atoms with Gasteiger partial charge in [-0.1, -0.05) is 5.21 Å². The fraction of sp³-hybridized carbons (Fsp3) is 0.300. The molecule has 0 unspecified atom stereocenters. The van der Waals surface area contributed by atoms with Crippen molar-refractivity contribution in [3.05, 3.63) is 23.5 Å². The van der Waals surface area contributed by atoms with Gasteiger partial charge in [0.05, 0.1) is 24.2 Å². The zero-order valence-electron chi connectivity index (χ0n) is 9.05. The summed E-state index contributed by atoms with van der Waals surface area (Å²) in [6.07, 6.45) is 0. The monoisotopic (exact) mass is 239 g/mol. The van der Waals surface area contributed by atoms with Gasteiger partial charge in [-0.15, -0.1) is 5.10 Å². The standard InChI is InChI=1S/C10H10FN3O3/c1-17-3-2-14-9-5-7(11)6(10(15)16)4-8(9)12-13-14/h4-5H,2-3H2,1H3,(H,15,16). The Morgan fingerprint density at radius 2 is 2.35 bits per heavy atom. The van der Waals surface area contributed by atoms with E-state index in [2.05, 4.69) is 10.3 Å². The summed E-state index contributed by atoms with van der Waals surface area (Å²) in [5.74, 6) is -2.12. The molecule has 17 heavy (non-hydrogen) atoms. The Morgan fingerprint density at radius 1 is 1.59 bits per heavy atom. The number of ether oxygens (including phenoxy) is 1. The molecule has 0 aliphatic heterocycles. The molecule has 1 aromatic heterocycles. The summed E-state index contributed by atoms with van der Waals surface area (Å²) in [5.41, 5.74) is 0.390. The second-order valence-electron chi connectivity index (χ2n) is 3.43. The predicted molar refractivity (Wildman–Crippen MR) is 56.3 cm³/mol. The molecular weight excluding hydrogens is 229 g/mol. The number of hydrogen-bond acceptors (Lipinski definition) is 4. The van der Waals surface area contributed by atoms with Crippen LogP contribution in [-0.2, 0) is 11.3 Å². The van der Waals surface area contributed by atoms with Crippen LogP contribution in [0.25, 0.3) is 11.0 Å². The number of carbonyl (C=O) groups is 1. The first kappa shape index (κ1) is 11.5. The highest BCUT2D eigenvalue weighted by Crippen LogP contribution is 2.17. The molecule has 0 fully saturated rings. The molecule has 0 radical (unpaired) electrons. The van der Waals surface area contributed by atoms with Crippen molar-refractivity contribution >= 4 is 17.0 Å². The third-order valence-electron chi connectivity index (χ3n) is 2.34. The molecule has 0 saturated heterocycles. The molecule has 0 atom stereocenters. The van der Waals surface area contributed by atoms with Gasteiger partial charge < -0.3 is 9.84 Å². The van der Waals surface area contributed by atoms with Crippen LogP contribution in [0.3, 0.4) is 0 Å². The molecular formula is C10H10FN3O3. The lowest BCUT2D eigenvalue weighted by atomic mass is 10.2. The molecule has 6 nitrogen and oxygen atoms in total. The second-order valence-corrected chi connectivity index (χ2v) is 3.43. The van der Waals surface area contributed by atoms with Crippen LogP contribution in [0.1, 0.15) is 10.4 Å². The highest BCUT2D eigenvalue weighted by Gasteiger charge is 2.14. The summed E-state index contributed by atoms with van der Waals surface area (Å²) in [6.45, 7) is 0.847. The number of rotatable bonds is 4. The van der Waals surface area contributed by atoms with Crippen molar-refractivity contribution in [2.45, 2.75) is 6.54 Å². The first-order valence-electron chi connectivity index (χ1n) is 4.88. The summed E-state index contributed by atoms with van der Waals surface area (Å²) in [6, 6.07) is 2.29. The van der Waals surface area contributed by atoms with Crippen LogP contribution >= 0.6 is 0 Å². The number of carboxylic acid groups (broad SMARTS) is 1. The average Bonchev–Trinajstić information content (AvgIpc) is 2.67. The van der Waals surface area contributed by atoms with Crippen molar-refractivity contribution in [1.82, 2.24) is 15.0 Å². The zero-order valence-corrected chi connectivity index (χ0v) is 9.05. The van der Waals surface area contributed by atoms with Crippen molar-refractivity contribution in [2.24, 2.45) is 0 Å². The van der Waals surface area contributed by atoms with E-state index >= 15 is 0 Å². The molecule has 0 bridgehead atoms. The SMILES string of the molecule is COCCn1nnc2cc(C(=O)O)c(F)cc21. The summed E-state index contributed by atoms with van der Waals surface area (Å²) in [4.78, 5) is 10.7. The lowest BCUT2D eigenvalue weighted by Gasteiger charge is -2.01. The Balaban J connectivity index is 2.48. The molecule has 1 heterocycles. The highest BCUT2D eigenvalue weighted by atomic mass is 19.1. The van der Waals surface area contributed by atoms with Crippen LogP contribution in [0.15, 0.2) is 12.1 Å². The summed E-state index contributed by atoms with van der Waals surface area (Å²) in [5, 5.41) is 16.3. The summed E-state index contributed by atoms with van der Waals surface area (Å²) >= 11 is 0. The van der Waals surface area contributed by atoms with Gasteiger partial charge in [0.15, 0.2) is 0 Å². The molecule has 0 aliphatic rings. The van der Waals surface area contributed by atoms with Gasteiger partial charge in [-0.3, -0.25) is 0 Å². The van der Waals surface area contributed by atoms with Gasteiger partial charge >= 0.3 is 5.97 Å². The number of carboxylic acids is 1. The Kier molecular flexibility index (Phi) is 3.01.